The van der Waals surface area contributed by atoms with E-state index < -0.39 is 10.0 Å². The van der Waals surface area contributed by atoms with Gasteiger partial charge in [0.2, 0.25) is 15.9 Å². The van der Waals surface area contributed by atoms with E-state index in [-0.39, 0.29) is 10.8 Å². The van der Waals surface area contributed by atoms with E-state index in [1.54, 1.807) is 12.1 Å². The molecule has 2 rings (SSSR count). The minimum absolute atomic E-state index is 0.0673. The number of hydrogen-bond acceptors (Lipinski definition) is 4. The smallest absolute Gasteiger partial charge is 0.238 e. The highest BCUT2D eigenvalue weighted by Crippen LogP contribution is 2.09. The van der Waals surface area contributed by atoms with Crippen molar-refractivity contribution in [1.82, 2.24) is 10.6 Å². The first-order valence-corrected chi connectivity index (χ1v) is 8.09. The summed E-state index contributed by atoms with van der Waals surface area (Å²) in [6.45, 7) is 2.39. The van der Waals surface area contributed by atoms with Crippen LogP contribution in [-0.4, -0.2) is 34.0 Å². The Morgan fingerprint density at radius 1 is 1.30 bits per heavy atom. The van der Waals surface area contributed by atoms with Gasteiger partial charge in [0.05, 0.1) is 4.90 Å². The molecule has 4 N–H and O–H groups in total. The molecule has 0 radical (unpaired) electrons. The zero-order valence-electron chi connectivity index (χ0n) is 11.1. The Morgan fingerprint density at radius 3 is 2.45 bits per heavy atom. The van der Waals surface area contributed by atoms with Crippen LogP contribution >= 0.6 is 0 Å². The highest BCUT2D eigenvalue weighted by Gasteiger charge is 2.19. The van der Waals surface area contributed by atoms with Gasteiger partial charge in [-0.1, -0.05) is 12.1 Å². The number of primary sulfonamides is 1. The normalized spacial score (nSPS) is 15.7. The topological polar surface area (TPSA) is 101 Å². The van der Waals surface area contributed by atoms with Gasteiger partial charge in [-0.05, 0) is 43.1 Å². The predicted molar refractivity (Wildman–Crippen MR) is 75.5 cm³/mol. The second-order valence-corrected chi connectivity index (χ2v) is 6.58. The minimum Gasteiger partial charge on any atom is -0.356 e. The predicted octanol–water partition coefficient (Wildman–Crippen LogP) is -0.398. The SMILES string of the molecule is NS(=O)(=O)c1ccc(CCNC(=O)CC2CNC2)cc1. The monoisotopic (exact) mass is 297 g/mol. The molecule has 0 atom stereocenters. The molecule has 1 aliphatic rings. The Bertz CT molecular complexity index is 565. The van der Waals surface area contributed by atoms with Gasteiger partial charge in [0.25, 0.3) is 0 Å². The fraction of sp³-hybridized carbons (Fsp3) is 0.462. The van der Waals surface area contributed by atoms with Gasteiger partial charge >= 0.3 is 0 Å². The maximum absolute atomic E-state index is 11.6. The van der Waals surface area contributed by atoms with Crippen molar-refractivity contribution in [3.8, 4) is 0 Å². The Morgan fingerprint density at radius 2 is 1.95 bits per heavy atom. The largest absolute Gasteiger partial charge is 0.356 e. The molecule has 0 bridgehead atoms. The van der Waals surface area contributed by atoms with Crippen LogP contribution in [0.2, 0.25) is 0 Å². The van der Waals surface area contributed by atoms with Gasteiger partial charge < -0.3 is 10.6 Å². The van der Waals surface area contributed by atoms with Crippen LogP contribution in [0.25, 0.3) is 0 Å². The van der Waals surface area contributed by atoms with Gasteiger partial charge in [-0.2, -0.15) is 0 Å². The zero-order chi connectivity index (χ0) is 14.6. The molecule has 6 nitrogen and oxygen atoms in total. The summed E-state index contributed by atoms with van der Waals surface area (Å²) in [5, 5.41) is 11.0. The number of benzene rings is 1. The Balaban J connectivity index is 1.75. The second-order valence-electron chi connectivity index (χ2n) is 5.02. The first-order valence-electron chi connectivity index (χ1n) is 6.54. The van der Waals surface area contributed by atoms with Crippen LogP contribution in [0, 0.1) is 5.92 Å². The highest BCUT2D eigenvalue weighted by atomic mass is 32.2. The molecular weight excluding hydrogens is 278 g/mol. The average molecular weight is 297 g/mol. The molecule has 1 saturated heterocycles. The fourth-order valence-electron chi connectivity index (χ4n) is 2.02. The summed E-state index contributed by atoms with van der Waals surface area (Å²) in [5.41, 5.74) is 0.961. The molecule has 0 unspecified atom stereocenters. The summed E-state index contributed by atoms with van der Waals surface area (Å²) in [6.07, 6.45) is 1.23. The Kier molecular flexibility index (Phi) is 4.74. The van der Waals surface area contributed by atoms with Crippen LogP contribution in [0.4, 0.5) is 0 Å². The van der Waals surface area contributed by atoms with Crippen molar-refractivity contribution in [2.45, 2.75) is 17.7 Å². The Labute approximate surface area is 118 Å². The molecule has 0 saturated carbocycles. The van der Waals surface area contributed by atoms with E-state index in [9.17, 15) is 13.2 Å². The number of nitrogens with two attached hydrogens (primary N) is 1. The summed E-state index contributed by atoms with van der Waals surface area (Å²) in [5.74, 6) is 0.529. The molecule has 0 spiro atoms. The van der Waals surface area contributed by atoms with E-state index in [1.807, 2.05) is 0 Å². The Hall–Kier alpha value is -1.44. The molecule has 110 valence electrons. The molecule has 1 aliphatic heterocycles. The number of nitrogens with one attached hydrogen (secondary N) is 2. The maximum Gasteiger partial charge on any atom is 0.238 e. The van der Waals surface area contributed by atoms with Gasteiger partial charge in [0, 0.05) is 13.0 Å². The van der Waals surface area contributed by atoms with Gasteiger partial charge in [-0.25, -0.2) is 13.6 Å². The summed E-state index contributed by atoms with van der Waals surface area (Å²) in [4.78, 5) is 11.7. The molecule has 1 aromatic carbocycles. The fourth-order valence-corrected chi connectivity index (χ4v) is 2.53. The van der Waals surface area contributed by atoms with E-state index in [0.717, 1.165) is 18.7 Å². The van der Waals surface area contributed by atoms with Crippen LogP contribution in [-0.2, 0) is 21.2 Å². The van der Waals surface area contributed by atoms with Crippen molar-refractivity contribution in [3.05, 3.63) is 29.8 Å². The van der Waals surface area contributed by atoms with Crippen LogP contribution in [0.1, 0.15) is 12.0 Å². The number of amides is 1. The van der Waals surface area contributed by atoms with Crippen LogP contribution in [0.3, 0.4) is 0 Å². The average Bonchev–Trinajstić information content (AvgIpc) is 2.33. The number of hydrogen-bond donors (Lipinski definition) is 3. The lowest BCUT2D eigenvalue weighted by atomic mass is 9.99. The van der Waals surface area contributed by atoms with Crippen molar-refractivity contribution >= 4 is 15.9 Å². The van der Waals surface area contributed by atoms with Crippen LogP contribution in [0.15, 0.2) is 29.2 Å². The summed E-state index contributed by atoms with van der Waals surface area (Å²) < 4.78 is 22.2. The summed E-state index contributed by atoms with van der Waals surface area (Å²) >= 11 is 0. The van der Waals surface area contributed by atoms with Gasteiger partial charge in [0.15, 0.2) is 0 Å². The van der Waals surface area contributed by atoms with E-state index >= 15 is 0 Å². The van der Waals surface area contributed by atoms with Crippen molar-refractivity contribution in [2.75, 3.05) is 19.6 Å². The van der Waals surface area contributed by atoms with Crippen molar-refractivity contribution < 1.29 is 13.2 Å². The molecular formula is C13H19N3O3S. The van der Waals surface area contributed by atoms with Crippen LogP contribution in [0.5, 0.6) is 0 Å². The van der Waals surface area contributed by atoms with Crippen molar-refractivity contribution in [2.24, 2.45) is 11.1 Å². The molecule has 0 aliphatic carbocycles. The van der Waals surface area contributed by atoms with E-state index in [4.69, 9.17) is 5.14 Å². The third kappa shape index (κ3) is 4.29. The molecule has 1 amide bonds. The molecule has 7 heteroatoms. The number of sulfonamides is 1. The number of rotatable bonds is 6. The lowest BCUT2D eigenvalue weighted by Gasteiger charge is -2.26. The lowest BCUT2D eigenvalue weighted by Crippen LogP contribution is -2.44. The van der Waals surface area contributed by atoms with Gasteiger partial charge in [-0.15, -0.1) is 0 Å². The maximum atomic E-state index is 11.6. The quantitative estimate of drug-likeness (QED) is 0.665. The molecule has 1 aromatic rings. The standard InChI is InChI=1S/C13H19N3O3S/c14-20(18,19)12-3-1-10(2-4-12)5-6-16-13(17)7-11-8-15-9-11/h1-4,11,15H,5-9H2,(H,16,17)(H2,14,18,19). The highest BCUT2D eigenvalue weighted by molar-refractivity contribution is 7.89. The van der Waals surface area contributed by atoms with Crippen LogP contribution < -0.4 is 15.8 Å². The first-order chi connectivity index (χ1) is 9.45. The van der Waals surface area contributed by atoms with Gasteiger partial charge in [0.1, 0.15) is 0 Å². The molecule has 20 heavy (non-hydrogen) atoms. The van der Waals surface area contributed by atoms with E-state index in [0.29, 0.717) is 25.3 Å². The minimum atomic E-state index is -3.64. The third-order valence-corrected chi connectivity index (χ3v) is 4.26. The summed E-state index contributed by atoms with van der Waals surface area (Å²) in [6, 6.07) is 6.38. The van der Waals surface area contributed by atoms with Crippen molar-refractivity contribution in [3.63, 3.8) is 0 Å². The second kappa shape index (κ2) is 6.34. The lowest BCUT2D eigenvalue weighted by molar-refractivity contribution is -0.122. The van der Waals surface area contributed by atoms with E-state index in [2.05, 4.69) is 10.6 Å². The number of carbonyl (C=O) groups excluding carboxylic acids is 1. The van der Waals surface area contributed by atoms with E-state index in [1.165, 1.54) is 12.1 Å². The molecule has 1 fully saturated rings. The summed E-state index contributed by atoms with van der Waals surface area (Å²) in [7, 11) is -3.64. The number of carbonyl (C=O) groups is 1. The van der Waals surface area contributed by atoms with Gasteiger partial charge in [-0.3, -0.25) is 4.79 Å². The third-order valence-electron chi connectivity index (χ3n) is 3.33. The first kappa shape index (κ1) is 15.0. The zero-order valence-corrected chi connectivity index (χ0v) is 11.9. The molecule has 1 heterocycles. The van der Waals surface area contributed by atoms with Crippen molar-refractivity contribution in [1.29, 1.82) is 0 Å². The molecule has 0 aromatic heterocycles.